The minimum Gasteiger partial charge on any atom is -0.382 e. The zero-order chi connectivity index (χ0) is 27.4. The van der Waals surface area contributed by atoms with E-state index in [0.29, 0.717) is 49.3 Å². The van der Waals surface area contributed by atoms with Gasteiger partial charge in [0.1, 0.15) is 10.7 Å². The lowest BCUT2D eigenvalue weighted by Crippen LogP contribution is -2.32. The molecule has 1 fully saturated rings. The highest BCUT2D eigenvalue weighted by Gasteiger charge is 2.65. The number of nitrogens with one attached hydrogen (secondary N) is 1. The number of benzene rings is 2. The predicted octanol–water partition coefficient (Wildman–Crippen LogP) is 7.56. The van der Waals surface area contributed by atoms with Gasteiger partial charge in [-0.15, -0.1) is 0 Å². The normalized spacial score (nSPS) is 20.6. The maximum atomic E-state index is 13.3. The molecule has 13 heteroatoms. The van der Waals surface area contributed by atoms with Gasteiger partial charge in [-0.05, 0) is 92.3 Å². The lowest BCUT2D eigenvalue weighted by atomic mass is 9.95. The molecule has 5 rings (SSSR count). The third kappa shape index (κ3) is 5.48. The van der Waals surface area contributed by atoms with Crippen LogP contribution in [0.1, 0.15) is 31.5 Å². The summed E-state index contributed by atoms with van der Waals surface area (Å²) >= 11 is 0. The average Bonchev–Trinajstić information content (AvgIpc) is 3.22. The maximum Gasteiger partial charge on any atom is 0.310 e. The minimum absolute atomic E-state index is 0.176. The van der Waals surface area contributed by atoms with Crippen LogP contribution >= 0.6 is 10.2 Å². The van der Waals surface area contributed by atoms with Crippen molar-refractivity contribution in [2.24, 2.45) is 0 Å². The van der Waals surface area contributed by atoms with Crippen LogP contribution in [0.15, 0.2) is 76.7 Å². The molecule has 6 nitrogen and oxygen atoms in total. The quantitative estimate of drug-likeness (QED) is 0.241. The van der Waals surface area contributed by atoms with E-state index in [1.165, 1.54) is 0 Å². The van der Waals surface area contributed by atoms with Gasteiger partial charge in [0.05, 0.1) is 10.1 Å². The van der Waals surface area contributed by atoms with Crippen LogP contribution in [0.2, 0.25) is 0 Å². The summed E-state index contributed by atoms with van der Waals surface area (Å²) < 4.78 is 92.7. The minimum atomic E-state index is -9.71. The van der Waals surface area contributed by atoms with Gasteiger partial charge >= 0.3 is 10.2 Å². The molecular formula is C25H25F5N4O2S2. The number of anilines is 1. The number of fused-ring (bicyclic) bond motifs is 1. The van der Waals surface area contributed by atoms with E-state index < -0.39 is 30.2 Å². The molecule has 0 bridgehead atoms. The number of aromatic nitrogens is 3. The van der Waals surface area contributed by atoms with E-state index in [4.69, 9.17) is 0 Å². The first-order chi connectivity index (χ1) is 17.6. The largest absolute Gasteiger partial charge is 0.382 e. The molecule has 1 N–H and O–H groups in total. The van der Waals surface area contributed by atoms with Crippen LogP contribution in [0.4, 0.5) is 25.1 Å². The van der Waals surface area contributed by atoms with Crippen molar-refractivity contribution in [2.45, 2.75) is 53.7 Å². The van der Waals surface area contributed by atoms with Gasteiger partial charge in [-0.2, -0.15) is 5.10 Å². The Hall–Kier alpha value is -3.19. The van der Waals surface area contributed by atoms with Crippen LogP contribution in [0, 0.1) is 6.92 Å². The summed E-state index contributed by atoms with van der Waals surface area (Å²) in [5.41, 5.74) is 2.69. The molecule has 0 spiro atoms. The Morgan fingerprint density at radius 1 is 0.868 bits per heavy atom. The van der Waals surface area contributed by atoms with Crippen molar-refractivity contribution in [3.63, 3.8) is 0 Å². The molecule has 4 aromatic rings. The van der Waals surface area contributed by atoms with Crippen LogP contribution < -0.4 is 5.32 Å². The number of sulfone groups is 1. The third-order valence-corrected chi connectivity index (χ3v) is 10.2. The van der Waals surface area contributed by atoms with Gasteiger partial charge in [-0.3, -0.25) is 0 Å². The number of aryl methyl sites for hydroxylation is 1. The Balaban J connectivity index is 1.22. The van der Waals surface area contributed by atoms with Crippen molar-refractivity contribution < 1.29 is 27.8 Å². The number of hydrogen-bond acceptors (Lipinski definition) is 5. The van der Waals surface area contributed by atoms with Gasteiger partial charge in [0.25, 0.3) is 0 Å². The molecular weight excluding hydrogens is 547 g/mol. The molecule has 0 saturated heterocycles. The molecule has 2 aromatic heterocycles. The van der Waals surface area contributed by atoms with Crippen molar-refractivity contribution in [3.8, 4) is 11.1 Å². The molecule has 1 aliphatic rings. The number of nitrogens with zero attached hydrogens (tertiary/aromatic N) is 3. The lowest BCUT2D eigenvalue weighted by Gasteiger charge is -2.40. The maximum absolute atomic E-state index is 13.3. The number of hydrogen-bond donors (Lipinski definition) is 1. The van der Waals surface area contributed by atoms with E-state index in [0.717, 1.165) is 23.3 Å². The molecule has 204 valence electrons. The fourth-order valence-electron chi connectivity index (χ4n) is 4.76. The fourth-order valence-corrected chi connectivity index (χ4v) is 7.21. The molecule has 0 atom stereocenters. The zero-order valence-electron chi connectivity index (χ0n) is 20.2. The standard InChI is InChI=1S/C25H25F5N4O2S2/c1-17-31-25-16-19(14-15-34(25)33-17)18-2-8-22(9-3-18)37(35,36)23-10-4-20(5-11-23)32-21-6-12-24(13-7-21)38(26,27,28,29)30/h2-3,6-9,12-16,20,23,32H,4-5,10-11H2,1H3. The first kappa shape index (κ1) is 26.4. The monoisotopic (exact) mass is 572 g/mol. The number of rotatable bonds is 6. The summed E-state index contributed by atoms with van der Waals surface area (Å²) in [6, 6.07) is 13.0. The molecule has 0 unspecified atom stereocenters. The molecule has 1 saturated carbocycles. The summed E-state index contributed by atoms with van der Waals surface area (Å²) in [5, 5.41) is 6.69. The first-order valence-electron chi connectivity index (χ1n) is 11.9. The van der Waals surface area contributed by atoms with Crippen molar-refractivity contribution in [2.75, 3.05) is 5.32 Å². The van der Waals surface area contributed by atoms with Crippen LogP contribution in [-0.4, -0.2) is 34.3 Å². The van der Waals surface area contributed by atoms with Gasteiger partial charge in [0, 0.05) is 17.9 Å². The van der Waals surface area contributed by atoms with E-state index in [1.54, 1.807) is 41.9 Å². The Morgan fingerprint density at radius 3 is 2.11 bits per heavy atom. The third-order valence-electron chi connectivity index (χ3n) is 6.74. The fraction of sp³-hybridized carbons (Fsp3) is 0.280. The smallest absolute Gasteiger partial charge is 0.310 e. The summed E-state index contributed by atoms with van der Waals surface area (Å²) in [6.07, 6.45) is 3.48. The molecule has 0 radical (unpaired) electrons. The van der Waals surface area contributed by atoms with Gasteiger partial charge in [-0.1, -0.05) is 31.6 Å². The van der Waals surface area contributed by atoms with Crippen LogP contribution in [0.3, 0.4) is 0 Å². The summed E-state index contributed by atoms with van der Waals surface area (Å²) in [4.78, 5) is 2.63. The van der Waals surface area contributed by atoms with Crippen molar-refractivity contribution in [3.05, 3.63) is 72.7 Å². The Labute approximate surface area is 216 Å². The molecule has 1 aliphatic carbocycles. The van der Waals surface area contributed by atoms with E-state index in [2.05, 4.69) is 15.4 Å². The van der Waals surface area contributed by atoms with E-state index >= 15 is 0 Å². The summed E-state index contributed by atoms with van der Waals surface area (Å²) in [5.74, 6) is 0.651. The highest BCUT2D eigenvalue weighted by Crippen LogP contribution is 3.02. The predicted molar refractivity (Wildman–Crippen MR) is 138 cm³/mol. The molecule has 2 heterocycles. The Kier molecular flexibility index (Phi) is 5.84. The average molecular weight is 573 g/mol. The van der Waals surface area contributed by atoms with Crippen LogP contribution in [0.25, 0.3) is 16.8 Å². The van der Waals surface area contributed by atoms with Crippen molar-refractivity contribution in [1.82, 2.24) is 14.6 Å². The molecule has 0 aliphatic heterocycles. The van der Waals surface area contributed by atoms with Crippen LogP contribution in [-0.2, 0) is 9.84 Å². The van der Waals surface area contributed by atoms with Gasteiger partial charge < -0.3 is 5.32 Å². The lowest BCUT2D eigenvalue weighted by molar-refractivity contribution is 0.364. The molecule has 0 amide bonds. The second-order valence-electron chi connectivity index (χ2n) is 9.56. The van der Waals surface area contributed by atoms with Crippen LogP contribution in [0.5, 0.6) is 0 Å². The van der Waals surface area contributed by atoms with E-state index in [-0.39, 0.29) is 16.6 Å². The summed E-state index contributed by atoms with van der Waals surface area (Å²) in [7, 11) is -13.3. The van der Waals surface area contributed by atoms with Crippen molar-refractivity contribution in [1.29, 1.82) is 0 Å². The second-order valence-corrected chi connectivity index (χ2v) is 14.2. The highest BCUT2D eigenvalue weighted by atomic mass is 32.5. The van der Waals surface area contributed by atoms with Gasteiger partial charge in [-0.25, -0.2) is 17.9 Å². The Morgan fingerprint density at radius 2 is 1.50 bits per heavy atom. The van der Waals surface area contributed by atoms with Gasteiger partial charge in [0.2, 0.25) is 0 Å². The summed E-state index contributed by atoms with van der Waals surface area (Å²) in [6.45, 7) is 1.80. The zero-order valence-corrected chi connectivity index (χ0v) is 21.8. The second kappa shape index (κ2) is 8.40. The Bertz CT molecular complexity index is 1600. The topological polar surface area (TPSA) is 76.4 Å². The highest BCUT2D eigenvalue weighted by molar-refractivity contribution is 8.45. The van der Waals surface area contributed by atoms with Crippen molar-refractivity contribution >= 4 is 31.4 Å². The molecule has 38 heavy (non-hydrogen) atoms. The van der Waals surface area contributed by atoms with E-state index in [9.17, 15) is 27.8 Å². The SMILES string of the molecule is Cc1nc2cc(-c3ccc(S(=O)(=O)C4CCC(Nc5ccc(S(F)(F)(F)(F)F)cc5)CC4)cc3)ccn2n1. The first-order valence-corrected chi connectivity index (χ1v) is 15.4. The van der Waals surface area contributed by atoms with E-state index in [1.807, 2.05) is 12.1 Å². The molecule has 2 aromatic carbocycles. The van der Waals surface area contributed by atoms with Gasteiger partial charge in [0.15, 0.2) is 15.5 Å². The number of halogens is 5. The number of pyridine rings is 1.